The van der Waals surface area contributed by atoms with E-state index in [-0.39, 0.29) is 5.69 Å². The van der Waals surface area contributed by atoms with Gasteiger partial charge in [0, 0.05) is 0 Å². The van der Waals surface area contributed by atoms with Gasteiger partial charge in [-0.2, -0.15) is 13.2 Å². The molecule has 0 aliphatic heterocycles. The Morgan fingerprint density at radius 1 is 1.40 bits per heavy atom. The highest BCUT2D eigenvalue weighted by Gasteiger charge is 2.32. The molecule has 0 fully saturated rings. The Morgan fingerprint density at radius 3 is 2.60 bits per heavy atom. The molecule has 0 saturated carbocycles. The van der Waals surface area contributed by atoms with E-state index in [0.717, 1.165) is 18.2 Å². The SMILES string of the molecule is O=CCC(=O)c1cccc(C(F)(F)F)n1. The maximum Gasteiger partial charge on any atom is 0.433 e. The van der Waals surface area contributed by atoms with E-state index in [1.807, 2.05) is 0 Å². The molecule has 1 aromatic rings. The van der Waals surface area contributed by atoms with Gasteiger partial charge in [-0.1, -0.05) is 6.07 Å². The predicted octanol–water partition coefficient (Wildman–Crippen LogP) is 1.87. The van der Waals surface area contributed by atoms with Crippen LogP contribution in [0.5, 0.6) is 0 Å². The fourth-order valence-electron chi connectivity index (χ4n) is 0.928. The minimum Gasteiger partial charge on any atom is -0.303 e. The quantitative estimate of drug-likeness (QED) is 0.441. The third kappa shape index (κ3) is 2.87. The summed E-state index contributed by atoms with van der Waals surface area (Å²) in [4.78, 5) is 24.2. The number of aldehydes is 1. The summed E-state index contributed by atoms with van der Waals surface area (Å²) in [5.74, 6) is -0.726. The fourth-order valence-corrected chi connectivity index (χ4v) is 0.928. The Kier molecular flexibility index (Phi) is 3.18. The largest absolute Gasteiger partial charge is 0.433 e. The molecular formula is C9H6F3NO2. The van der Waals surface area contributed by atoms with Gasteiger partial charge < -0.3 is 4.79 Å². The summed E-state index contributed by atoms with van der Waals surface area (Å²) >= 11 is 0. The topological polar surface area (TPSA) is 47.0 Å². The minimum absolute atomic E-state index is 0.324. The van der Waals surface area contributed by atoms with Crippen molar-refractivity contribution in [3.05, 3.63) is 29.6 Å². The van der Waals surface area contributed by atoms with Crippen molar-refractivity contribution in [2.75, 3.05) is 0 Å². The lowest BCUT2D eigenvalue weighted by molar-refractivity contribution is -0.141. The van der Waals surface area contributed by atoms with Crippen LogP contribution in [0.25, 0.3) is 0 Å². The molecule has 1 heterocycles. The van der Waals surface area contributed by atoms with Crippen LogP contribution < -0.4 is 0 Å². The summed E-state index contributed by atoms with van der Waals surface area (Å²) in [6, 6.07) is 2.98. The van der Waals surface area contributed by atoms with Crippen molar-refractivity contribution < 1.29 is 22.8 Å². The van der Waals surface area contributed by atoms with Crippen LogP contribution in [0.2, 0.25) is 0 Å². The Bertz CT molecular complexity index is 387. The first-order chi connectivity index (χ1) is 6.95. The van der Waals surface area contributed by atoms with Crippen LogP contribution in [-0.4, -0.2) is 17.1 Å². The number of carbonyl (C=O) groups is 2. The normalized spacial score (nSPS) is 11.1. The molecule has 0 saturated heterocycles. The fraction of sp³-hybridized carbons (Fsp3) is 0.222. The van der Waals surface area contributed by atoms with Crippen LogP contribution in [0.15, 0.2) is 18.2 Å². The molecule has 0 amide bonds. The second-order valence-corrected chi connectivity index (χ2v) is 2.70. The molecule has 0 spiro atoms. The molecule has 0 atom stereocenters. The maximum atomic E-state index is 12.2. The summed E-state index contributed by atoms with van der Waals surface area (Å²) in [6.45, 7) is 0. The van der Waals surface area contributed by atoms with Gasteiger partial charge >= 0.3 is 6.18 Å². The number of pyridine rings is 1. The van der Waals surface area contributed by atoms with Crippen molar-refractivity contribution in [2.45, 2.75) is 12.6 Å². The Balaban J connectivity index is 3.03. The molecule has 0 bridgehead atoms. The maximum absolute atomic E-state index is 12.2. The van der Waals surface area contributed by atoms with Gasteiger partial charge in [0.25, 0.3) is 0 Å². The van der Waals surface area contributed by atoms with Crippen molar-refractivity contribution >= 4 is 12.1 Å². The highest BCUT2D eigenvalue weighted by molar-refractivity contribution is 6.01. The van der Waals surface area contributed by atoms with E-state index in [2.05, 4.69) is 4.98 Å². The molecule has 0 radical (unpaired) electrons. The van der Waals surface area contributed by atoms with Crippen molar-refractivity contribution in [3.8, 4) is 0 Å². The van der Waals surface area contributed by atoms with Crippen LogP contribution in [0, 0.1) is 0 Å². The highest BCUT2D eigenvalue weighted by Crippen LogP contribution is 2.27. The molecule has 1 aromatic heterocycles. The van der Waals surface area contributed by atoms with E-state index < -0.39 is 24.1 Å². The van der Waals surface area contributed by atoms with Crippen molar-refractivity contribution in [1.29, 1.82) is 0 Å². The summed E-state index contributed by atoms with van der Waals surface area (Å²) in [7, 11) is 0. The molecule has 0 aliphatic rings. The number of halogens is 3. The average molecular weight is 217 g/mol. The molecule has 0 aromatic carbocycles. The number of Topliss-reactive ketones (excluding diaryl/α,β-unsaturated/α-hetero) is 1. The number of ketones is 1. The Hall–Kier alpha value is -1.72. The Labute approximate surface area is 82.9 Å². The lowest BCUT2D eigenvalue weighted by atomic mass is 10.2. The second kappa shape index (κ2) is 4.20. The van der Waals surface area contributed by atoms with Gasteiger partial charge in [-0.25, -0.2) is 4.98 Å². The van der Waals surface area contributed by atoms with Crippen molar-refractivity contribution in [1.82, 2.24) is 4.98 Å². The first-order valence-electron chi connectivity index (χ1n) is 3.96. The summed E-state index contributed by atoms with van der Waals surface area (Å²) in [5, 5.41) is 0. The number of aromatic nitrogens is 1. The van der Waals surface area contributed by atoms with Crippen LogP contribution in [-0.2, 0) is 11.0 Å². The van der Waals surface area contributed by atoms with E-state index in [1.54, 1.807) is 0 Å². The van der Waals surface area contributed by atoms with Crippen molar-refractivity contribution in [3.63, 3.8) is 0 Å². The molecular weight excluding hydrogens is 211 g/mol. The zero-order valence-electron chi connectivity index (χ0n) is 7.41. The van der Waals surface area contributed by atoms with Crippen LogP contribution in [0.4, 0.5) is 13.2 Å². The van der Waals surface area contributed by atoms with Gasteiger partial charge in [0.05, 0.1) is 6.42 Å². The van der Waals surface area contributed by atoms with E-state index in [4.69, 9.17) is 0 Å². The molecule has 6 heteroatoms. The molecule has 80 valence electrons. The average Bonchev–Trinajstić information content (AvgIpc) is 2.17. The smallest absolute Gasteiger partial charge is 0.303 e. The van der Waals surface area contributed by atoms with Gasteiger partial charge in [0.1, 0.15) is 17.7 Å². The third-order valence-electron chi connectivity index (χ3n) is 1.59. The lowest BCUT2D eigenvalue weighted by Gasteiger charge is -2.05. The minimum atomic E-state index is -4.59. The third-order valence-corrected chi connectivity index (χ3v) is 1.59. The zero-order valence-corrected chi connectivity index (χ0v) is 7.41. The number of carbonyl (C=O) groups excluding carboxylic acids is 2. The van der Waals surface area contributed by atoms with E-state index in [9.17, 15) is 22.8 Å². The van der Waals surface area contributed by atoms with Crippen LogP contribution in [0.1, 0.15) is 22.6 Å². The lowest BCUT2D eigenvalue weighted by Crippen LogP contribution is -2.11. The first kappa shape index (κ1) is 11.4. The summed E-state index contributed by atoms with van der Waals surface area (Å²) in [6.07, 6.45) is -4.73. The number of hydrogen-bond donors (Lipinski definition) is 0. The molecule has 0 unspecified atom stereocenters. The summed E-state index contributed by atoms with van der Waals surface area (Å²) in [5.41, 5.74) is -1.49. The first-order valence-corrected chi connectivity index (χ1v) is 3.96. The van der Waals surface area contributed by atoms with Gasteiger partial charge in [-0.15, -0.1) is 0 Å². The molecule has 15 heavy (non-hydrogen) atoms. The number of rotatable bonds is 3. The molecule has 0 aliphatic carbocycles. The number of hydrogen-bond acceptors (Lipinski definition) is 3. The Morgan fingerprint density at radius 2 is 2.07 bits per heavy atom. The van der Waals surface area contributed by atoms with Crippen LogP contribution >= 0.6 is 0 Å². The molecule has 0 N–H and O–H groups in total. The zero-order chi connectivity index (χ0) is 11.5. The number of alkyl halides is 3. The molecule has 1 rings (SSSR count). The summed E-state index contributed by atoms with van der Waals surface area (Å²) < 4.78 is 36.5. The van der Waals surface area contributed by atoms with Crippen LogP contribution in [0.3, 0.4) is 0 Å². The van der Waals surface area contributed by atoms with E-state index in [0.29, 0.717) is 6.29 Å². The van der Waals surface area contributed by atoms with Gasteiger partial charge in [-0.3, -0.25) is 4.79 Å². The standard InChI is InChI=1S/C9H6F3NO2/c10-9(11,12)8-3-1-2-6(13-8)7(15)4-5-14/h1-3,5H,4H2. The van der Waals surface area contributed by atoms with Gasteiger partial charge in [-0.05, 0) is 12.1 Å². The van der Waals surface area contributed by atoms with Crippen molar-refractivity contribution in [2.24, 2.45) is 0 Å². The monoisotopic (exact) mass is 217 g/mol. The highest BCUT2D eigenvalue weighted by atomic mass is 19.4. The van der Waals surface area contributed by atoms with Gasteiger partial charge in [0.15, 0.2) is 5.78 Å². The second-order valence-electron chi connectivity index (χ2n) is 2.70. The molecule has 3 nitrogen and oxygen atoms in total. The predicted molar refractivity (Wildman–Crippen MR) is 44.3 cm³/mol. The van der Waals surface area contributed by atoms with Gasteiger partial charge in [0.2, 0.25) is 0 Å². The van der Waals surface area contributed by atoms with E-state index >= 15 is 0 Å². The van der Waals surface area contributed by atoms with E-state index in [1.165, 1.54) is 0 Å². The number of nitrogens with zero attached hydrogens (tertiary/aromatic N) is 1.